The maximum Gasteiger partial charge on any atom is 0.164 e. The Balaban J connectivity index is 0.000000606. The monoisotopic (exact) mass is 227 g/mol. The van der Waals surface area contributed by atoms with Gasteiger partial charge < -0.3 is 15.2 Å². The first-order valence-corrected chi connectivity index (χ1v) is 5.59. The van der Waals surface area contributed by atoms with E-state index in [1.807, 2.05) is 13.8 Å². The van der Waals surface area contributed by atoms with Gasteiger partial charge in [0, 0.05) is 24.6 Å². The summed E-state index contributed by atoms with van der Waals surface area (Å²) < 4.78 is 23.7. The number of fused-ring (bicyclic) bond motifs is 1. The average molecular weight is 227 g/mol. The number of halogens is 1. The van der Waals surface area contributed by atoms with Crippen LogP contribution in [0.2, 0.25) is 0 Å². The van der Waals surface area contributed by atoms with Gasteiger partial charge in [0.2, 0.25) is 0 Å². The summed E-state index contributed by atoms with van der Waals surface area (Å²) in [6.45, 7) is 5.38. The Morgan fingerprint density at radius 1 is 1.44 bits per heavy atom. The van der Waals surface area contributed by atoms with Crippen LogP contribution in [0.1, 0.15) is 19.4 Å². The highest BCUT2D eigenvalue weighted by atomic mass is 19.1. The van der Waals surface area contributed by atoms with Crippen molar-refractivity contribution in [1.29, 1.82) is 0 Å². The van der Waals surface area contributed by atoms with Crippen molar-refractivity contribution in [1.82, 2.24) is 0 Å². The van der Waals surface area contributed by atoms with E-state index in [1.165, 1.54) is 12.1 Å². The van der Waals surface area contributed by atoms with Gasteiger partial charge in [-0.2, -0.15) is 0 Å². The molecule has 90 valence electrons. The second kappa shape index (κ2) is 6.33. The Morgan fingerprint density at radius 2 is 2.19 bits per heavy atom. The molecule has 0 aromatic heterocycles. The van der Waals surface area contributed by atoms with Crippen molar-refractivity contribution in [2.75, 3.05) is 19.8 Å². The van der Waals surface area contributed by atoms with E-state index >= 15 is 0 Å². The number of hydrogen-bond donors (Lipinski definition) is 1. The van der Waals surface area contributed by atoms with Crippen LogP contribution in [0.25, 0.3) is 0 Å². The third kappa shape index (κ3) is 2.85. The summed E-state index contributed by atoms with van der Waals surface area (Å²) in [6, 6.07) is 2.82. The molecule has 16 heavy (non-hydrogen) atoms. The largest absolute Gasteiger partial charge is 0.489 e. The highest BCUT2D eigenvalue weighted by Crippen LogP contribution is 2.36. The van der Waals surface area contributed by atoms with E-state index in [9.17, 15) is 4.39 Å². The molecule has 1 heterocycles. The van der Waals surface area contributed by atoms with Crippen LogP contribution in [0.5, 0.6) is 11.5 Å². The van der Waals surface area contributed by atoms with E-state index in [2.05, 4.69) is 0 Å². The van der Waals surface area contributed by atoms with Crippen LogP contribution >= 0.6 is 0 Å². The zero-order valence-electron chi connectivity index (χ0n) is 9.75. The summed E-state index contributed by atoms with van der Waals surface area (Å²) in [5.41, 5.74) is 6.17. The quantitative estimate of drug-likeness (QED) is 0.860. The van der Waals surface area contributed by atoms with Crippen molar-refractivity contribution in [2.45, 2.75) is 20.3 Å². The standard InChI is InChI=1S/C10H12FNO2.C2H6/c11-8-5-7-1-3-14-10(7)9(6-8)13-4-2-12;1-2/h5-6H,1-4,12H2;1-2H3. The summed E-state index contributed by atoms with van der Waals surface area (Å²) in [4.78, 5) is 0. The minimum Gasteiger partial charge on any atom is -0.489 e. The molecular weight excluding hydrogens is 209 g/mol. The molecule has 0 atom stereocenters. The Labute approximate surface area is 95.4 Å². The maximum atomic E-state index is 13.1. The van der Waals surface area contributed by atoms with Gasteiger partial charge in [-0.1, -0.05) is 13.8 Å². The zero-order chi connectivity index (χ0) is 12.0. The van der Waals surface area contributed by atoms with Crippen LogP contribution in [-0.2, 0) is 6.42 Å². The molecule has 0 saturated heterocycles. The van der Waals surface area contributed by atoms with Crippen molar-refractivity contribution < 1.29 is 13.9 Å². The van der Waals surface area contributed by atoms with Gasteiger partial charge in [0.05, 0.1) is 6.61 Å². The van der Waals surface area contributed by atoms with Crippen LogP contribution in [-0.4, -0.2) is 19.8 Å². The molecule has 2 N–H and O–H groups in total. The maximum absolute atomic E-state index is 13.1. The minimum atomic E-state index is -0.290. The molecular formula is C12H18FNO2. The molecule has 2 rings (SSSR count). The van der Waals surface area contributed by atoms with Crippen LogP contribution in [0.15, 0.2) is 12.1 Å². The normalized spacial score (nSPS) is 12.2. The highest BCUT2D eigenvalue weighted by Gasteiger charge is 2.18. The second-order valence-corrected chi connectivity index (χ2v) is 3.13. The Kier molecular flexibility index (Phi) is 5.05. The topological polar surface area (TPSA) is 44.5 Å². The number of rotatable bonds is 3. The van der Waals surface area contributed by atoms with Crippen LogP contribution in [0.4, 0.5) is 4.39 Å². The molecule has 1 aromatic carbocycles. The van der Waals surface area contributed by atoms with E-state index in [1.54, 1.807) is 0 Å². The molecule has 3 nitrogen and oxygen atoms in total. The first-order chi connectivity index (χ1) is 7.81. The fourth-order valence-electron chi connectivity index (χ4n) is 1.51. The van der Waals surface area contributed by atoms with E-state index < -0.39 is 0 Å². The Hall–Kier alpha value is -1.29. The number of hydrogen-bond acceptors (Lipinski definition) is 3. The summed E-state index contributed by atoms with van der Waals surface area (Å²) in [5, 5.41) is 0. The first kappa shape index (κ1) is 12.8. The summed E-state index contributed by atoms with van der Waals surface area (Å²) in [7, 11) is 0. The van der Waals surface area contributed by atoms with Gasteiger partial charge in [-0.25, -0.2) is 4.39 Å². The van der Waals surface area contributed by atoms with Crippen LogP contribution < -0.4 is 15.2 Å². The van der Waals surface area contributed by atoms with Gasteiger partial charge in [-0.3, -0.25) is 0 Å². The molecule has 0 spiro atoms. The SMILES string of the molecule is CC.NCCOc1cc(F)cc2c1OCC2. The Morgan fingerprint density at radius 3 is 2.88 bits per heavy atom. The average Bonchev–Trinajstić information content (AvgIpc) is 2.76. The molecule has 1 aromatic rings. The molecule has 0 radical (unpaired) electrons. The first-order valence-electron chi connectivity index (χ1n) is 5.59. The lowest BCUT2D eigenvalue weighted by Crippen LogP contribution is -2.11. The third-order valence-corrected chi connectivity index (χ3v) is 2.09. The summed E-state index contributed by atoms with van der Waals surface area (Å²) >= 11 is 0. The van der Waals surface area contributed by atoms with Crippen molar-refractivity contribution in [3.63, 3.8) is 0 Å². The van der Waals surface area contributed by atoms with Gasteiger partial charge >= 0.3 is 0 Å². The van der Waals surface area contributed by atoms with Crippen molar-refractivity contribution in [2.24, 2.45) is 5.73 Å². The number of benzene rings is 1. The van der Waals surface area contributed by atoms with E-state index in [-0.39, 0.29) is 5.82 Å². The van der Waals surface area contributed by atoms with Gasteiger partial charge in [-0.05, 0) is 6.07 Å². The van der Waals surface area contributed by atoms with Crippen LogP contribution in [0, 0.1) is 5.82 Å². The Bertz CT molecular complexity index is 342. The summed E-state index contributed by atoms with van der Waals surface area (Å²) in [6.07, 6.45) is 0.742. The van der Waals surface area contributed by atoms with Gasteiger partial charge in [0.25, 0.3) is 0 Å². The second-order valence-electron chi connectivity index (χ2n) is 3.13. The third-order valence-electron chi connectivity index (χ3n) is 2.09. The highest BCUT2D eigenvalue weighted by molar-refractivity contribution is 5.49. The molecule has 1 aliphatic rings. The fraction of sp³-hybridized carbons (Fsp3) is 0.500. The lowest BCUT2D eigenvalue weighted by atomic mass is 10.1. The lowest BCUT2D eigenvalue weighted by Gasteiger charge is -2.09. The molecule has 0 amide bonds. The zero-order valence-corrected chi connectivity index (χ0v) is 9.75. The predicted octanol–water partition coefficient (Wildman–Crippen LogP) is 2.12. The van der Waals surface area contributed by atoms with Crippen molar-refractivity contribution >= 4 is 0 Å². The van der Waals surface area contributed by atoms with Gasteiger partial charge in [0.1, 0.15) is 12.4 Å². The van der Waals surface area contributed by atoms with Crippen molar-refractivity contribution in [3.05, 3.63) is 23.5 Å². The summed E-state index contributed by atoms with van der Waals surface area (Å²) in [5.74, 6) is 0.837. The smallest absolute Gasteiger partial charge is 0.164 e. The number of ether oxygens (including phenoxy) is 2. The van der Waals surface area contributed by atoms with Crippen LogP contribution in [0.3, 0.4) is 0 Å². The van der Waals surface area contributed by atoms with Crippen molar-refractivity contribution in [3.8, 4) is 11.5 Å². The molecule has 0 aliphatic carbocycles. The molecule has 4 heteroatoms. The predicted molar refractivity (Wildman–Crippen MR) is 61.5 cm³/mol. The fourth-order valence-corrected chi connectivity index (χ4v) is 1.51. The molecule has 1 aliphatic heterocycles. The molecule has 0 saturated carbocycles. The molecule has 0 unspecified atom stereocenters. The minimum absolute atomic E-state index is 0.290. The van der Waals surface area contributed by atoms with E-state index in [0.29, 0.717) is 31.3 Å². The molecule has 0 bridgehead atoms. The number of nitrogens with two attached hydrogens (primary N) is 1. The van der Waals surface area contributed by atoms with E-state index in [4.69, 9.17) is 15.2 Å². The molecule has 0 fully saturated rings. The van der Waals surface area contributed by atoms with Gasteiger partial charge in [-0.15, -0.1) is 0 Å². The lowest BCUT2D eigenvalue weighted by molar-refractivity contribution is 0.291. The van der Waals surface area contributed by atoms with E-state index in [0.717, 1.165) is 12.0 Å². The van der Waals surface area contributed by atoms with Gasteiger partial charge in [0.15, 0.2) is 11.5 Å².